The molecule has 3 rings (SSSR count). The van der Waals surface area contributed by atoms with E-state index in [1.807, 2.05) is 0 Å². The van der Waals surface area contributed by atoms with Crippen LogP contribution in [0.15, 0.2) is 12.1 Å². The van der Waals surface area contributed by atoms with E-state index in [0.29, 0.717) is 27.8 Å². The minimum atomic E-state index is -0.266. The van der Waals surface area contributed by atoms with Crippen molar-refractivity contribution in [3.63, 3.8) is 0 Å². The van der Waals surface area contributed by atoms with E-state index in [2.05, 4.69) is 0 Å². The number of benzene rings is 1. The van der Waals surface area contributed by atoms with Crippen LogP contribution in [-0.4, -0.2) is 36.5 Å². The predicted molar refractivity (Wildman–Crippen MR) is 71.8 cm³/mol. The Hall–Kier alpha value is -1.10. The summed E-state index contributed by atoms with van der Waals surface area (Å²) in [7, 11) is 0. The number of amides is 2. The molecular formula is C13H13Cl2N2O2+. The van der Waals surface area contributed by atoms with Crippen LogP contribution < -0.4 is 4.90 Å². The molecule has 100 valence electrons. The number of likely N-dealkylation sites (tertiary alicyclic amines) is 1. The molecule has 1 aromatic carbocycles. The van der Waals surface area contributed by atoms with Gasteiger partial charge in [0.2, 0.25) is 0 Å². The molecule has 0 aliphatic carbocycles. The van der Waals surface area contributed by atoms with Crippen LogP contribution in [0.5, 0.6) is 0 Å². The Morgan fingerprint density at radius 2 is 1.47 bits per heavy atom. The molecule has 1 N–H and O–H groups in total. The number of nitrogens with zero attached hydrogens (tertiary/aromatic N) is 1. The molecule has 2 aliphatic heterocycles. The zero-order valence-electron chi connectivity index (χ0n) is 10.2. The van der Waals surface area contributed by atoms with Crippen LogP contribution in [0.1, 0.15) is 33.6 Å². The molecule has 0 spiro atoms. The standard InChI is InChI=1S/C13H12Cl2N2O2/c14-10-5-8-9(6-11(10)15)13(19)17(12(8)18)7-16-3-1-2-4-16/h5-6H,1-4,7H2/p+1. The summed E-state index contributed by atoms with van der Waals surface area (Å²) in [4.78, 5) is 27.1. The first-order valence-corrected chi connectivity index (χ1v) is 7.02. The molecule has 0 atom stereocenters. The minimum absolute atomic E-state index is 0.266. The molecule has 6 heteroatoms. The molecule has 0 saturated carbocycles. The first kappa shape index (κ1) is 12.9. The van der Waals surface area contributed by atoms with Crippen molar-refractivity contribution in [2.45, 2.75) is 12.8 Å². The van der Waals surface area contributed by atoms with Gasteiger partial charge in [0, 0.05) is 12.8 Å². The van der Waals surface area contributed by atoms with Gasteiger partial charge in [0.05, 0.1) is 34.3 Å². The lowest BCUT2D eigenvalue weighted by Crippen LogP contribution is -3.11. The monoisotopic (exact) mass is 299 g/mol. The van der Waals surface area contributed by atoms with Gasteiger partial charge in [-0.1, -0.05) is 23.2 Å². The lowest BCUT2D eigenvalue weighted by atomic mass is 10.1. The molecular weight excluding hydrogens is 287 g/mol. The summed E-state index contributed by atoms with van der Waals surface area (Å²) >= 11 is 11.8. The van der Waals surface area contributed by atoms with Gasteiger partial charge in [-0.3, -0.25) is 9.59 Å². The maximum absolute atomic E-state index is 12.2. The number of hydrogen-bond acceptors (Lipinski definition) is 2. The van der Waals surface area contributed by atoms with Gasteiger partial charge in [0.25, 0.3) is 11.8 Å². The second-order valence-electron chi connectivity index (χ2n) is 4.97. The third-order valence-corrected chi connectivity index (χ3v) is 4.43. The lowest BCUT2D eigenvalue weighted by molar-refractivity contribution is -0.894. The third kappa shape index (κ3) is 2.14. The Morgan fingerprint density at radius 3 is 1.95 bits per heavy atom. The Labute approximate surface area is 120 Å². The highest BCUT2D eigenvalue weighted by Crippen LogP contribution is 2.31. The van der Waals surface area contributed by atoms with Crippen LogP contribution in [0, 0.1) is 0 Å². The van der Waals surface area contributed by atoms with Gasteiger partial charge in [0.1, 0.15) is 0 Å². The summed E-state index contributed by atoms with van der Waals surface area (Å²) in [5.41, 5.74) is 0.719. The summed E-state index contributed by atoms with van der Waals surface area (Å²) in [5, 5.41) is 0.605. The number of carbonyl (C=O) groups excluding carboxylic acids is 2. The van der Waals surface area contributed by atoms with Crippen LogP contribution in [0.4, 0.5) is 0 Å². The third-order valence-electron chi connectivity index (χ3n) is 3.70. The number of imide groups is 1. The van der Waals surface area contributed by atoms with Crippen LogP contribution in [0.2, 0.25) is 10.0 Å². The van der Waals surface area contributed by atoms with E-state index < -0.39 is 0 Å². The van der Waals surface area contributed by atoms with E-state index >= 15 is 0 Å². The number of halogens is 2. The van der Waals surface area contributed by atoms with Gasteiger partial charge in [-0.05, 0) is 12.1 Å². The van der Waals surface area contributed by atoms with Gasteiger partial charge in [-0.2, -0.15) is 0 Å². The fourth-order valence-electron chi connectivity index (χ4n) is 2.68. The van der Waals surface area contributed by atoms with Crippen LogP contribution in [-0.2, 0) is 0 Å². The Morgan fingerprint density at radius 1 is 1.00 bits per heavy atom. The molecule has 0 unspecified atom stereocenters. The van der Waals surface area contributed by atoms with Crippen molar-refractivity contribution in [3.05, 3.63) is 33.3 Å². The molecule has 2 heterocycles. The highest BCUT2D eigenvalue weighted by Gasteiger charge is 2.38. The normalized spacial score (nSPS) is 19.4. The number of nitrogens with one attached hydrogen (secondary N) is 1. The summed E-state index contributed by atoms with van der Waals surface area (Å²) in [6.07, 6.45) is 2.30. The average molecular weight is 300 g/mol. The van der Waals surface area contributed by atoms with E-state index in [9.17, 15) is 9.59 Å². The topological polar surface area (TPSA) is 41.8 Å². The Balaban J connectivity index is 1.90. The van der Waals surface area contributed by atoms with Gasteiger partial charge in [0.15, 0.2) is 6.67 Å². The Kier molecular flexibility index (Phi) is 3.25. The second kappa shape index (κ2) is 4.78. The maximum atomic E-state index is 12.2. The zero-order valence-corrected chi connectivity index (χ0v) is 11.7. The highest BCUT2D eigenvalue weighted by atomic mass is 35.5. The number of rotatable bonds is 2. The number of hydrogen-bond donors (Lipinski definition) is 1. The lowest BCUT2D eigenvalue weighted by Gasteiger charge is -2.18. The van der Waals surface area contributed by atoms with Crippen LogP contribution >= 0.6 is 23.2 Å². The van der Waals surface area contributed by atoms with Gasteiger partial charge in [-0.25, -0.2) is 4.90 Å². The van der Waals surface area contributed by atoms with Crippen molar-refractivity contribution in [2.24, 2.45) is 0 Å². The molecule has 2 aliphatic rings. The molecule has 2 amide bonds. The molecule has 1 fully saturated rings. The molecule has 4 nitrogen and oxygen atoms in total. The van der Waals surface area contributed by atoms with Crippen LogP contribution in [0.25, 0.3) is 0 Å². The number of fused-ring (bicyclic) bond motifs is 1. The zero-order chi connectivity index (χ0) is 13.6. The average Bonchev–Trinajstić information content (AvgIpc) is 2.96. The van der Waals surface area contributed by atoms with Gasteiger partial charge in [-0.15, -0.1) is 0 Å². The Bertz CT molecular complexity index is 527. The summed E-state index contributed by atoms with van der Waals surface area (Å²) in [6.45, 7) is 2.45. The van der Waals surface area contributed by atoms with Crippen molar-refractivity contribution in [1.82, 2.24) is 4.90 Å². The van der Waals surface area contributed by atoms with Crippen molar-refractivity contribution in [2.75, 3.05) is 19.8 Å². The fraction of sp³-hybridized carbons (Fsp3) is 0.385. The van der Waals surface area contributed by atoms with Crippen molar-refractivity contribution < 1.29 is 14.5 Å². The first-order chi connectivity index (χ1) is 9.08. The first-order valence-electron chi connectivity index (χ1n) is 6.27. The molecule has 0 radical (unpaired) electrons. The summed E-state index contributed by atoms with van der Waals surface area (Å²) < 4.78 is 0. The van der Waals surface area contributed by atoms with E-state index in [-0.39, 0.29) is 11.8 Å². The highest BCUT2D eigenvalue weighted by molar-refractivity contribution is 6.43. The summed E-state index contributed by atoms with van der Waals surface area (Å²) in [5.74, 6) is -0.532. The fourth-order valence-corrected chi connectivity index (χ4v) is 3.01. The van der Waals surface area contributed by atoms with Gasteiger partial charge >= 0.3 is 0 Å². The quantitative estimate of drug-likeness (QED) is 0.835. The molecule has 19 heavy (non-hydrogen) atoms. The maximum Gasteiger partial charge on any atom is 0.266 e. The smallest absolute Gasteiger partial charge is 0.266 e. The minimum Gasteiger partial charge on any atom is -0.317 e. The molecule has 1 saturated heterocycles. The van der Waals surface area contributed by atoms with E-state index in [1.54, 1.807) is 0 Å². The van der Waals surface area contributed by atoms with Gasteiger partial charge < -0.3 is 4.90 Å². The van der Waals surface area contributed by atoms with Crippen molar-refractivity contribution in [3.8, 4) is 0 Å². The van der Waals surface area contributed by atoms with E-state index in [1.165, 1.54) is 21.9 Å². The van der Waals surface area contributed by atoms with Crippen LogP contribution in [0.3, 0.4) is 0 Å². The number of quaternary nitrogens is 1. The molecule has 0 bridgehead atoms. The largest absolute Gasteiger partial charge is 0.317 e. The van der Waals surface area contributed by atoms with Crippen molar-refractivity contribution >= 4 is 35.0 Å². The van der Waals surface area contributed by atoms with E-state index in [0.717, 1.165) is 25.9 Å². The molecule has 1 aromatic rings. The molecule has 0 aromatic heterocycles. The van der Waals surface area contributed by atoms with Crippen molar-refractivity contribution in [1.29, 1.82) is 0 Å². The van der Waals surface area contributed by atoms with E-state index in [4.69, 9.17) is 23.2 Å². The summed E-state index contributed by atoms with van der Waals surface area (Å²) in [6, 6.07) is 2.97. The second-order valence-corrected chi connectivity index (χ2v) is 5.78. The predicted octanol–water partition coefficient (Wildman–Crippen LogP) is 1.23. The number of carbonyl (C=O) groups is 2. The SMILES string of the molecule is O=C1c2cc(Cl)c(Cl)cc2C(=O)N1C[NH+]1CCCC1.